The predicted molar refractivity (Wildman–Crippen MR) is 200 cm³/mol. The van der Waals surface area contributed by atoms with E-state index >= 15 is 0 Å². The highest BCUT2D eigenvalue weighted by atomic mass is 16.6. The van der Waals surface area contributed by atoms with Gasteiger partial charge in [-0.25, -0.2) is 0 Å². The molecule has 0 aliphatic heterocycles. The Balaban J connectivity index is 3.18. The van der Waals surface area contributed by atoms with E-state index in [0.29, 0.717) is 18.4 Å². The van der Waals surface area contributed by atoms with Crippen LogP contribution in [-0.2, 0) is 44.8 Å². The predicted octanol–water partition coefficient (Wildman–Crippen LogP) is -2.15. The average Bonchev–Trinajstić information content (AvgIpc) is 3.11. The molecule has 0 bridgehead atoms. The molecule has 0 aromatic heterocycles. The number of amides is 7. The number of non-ortho nitro benzene ring substituents is 1. The Hall–Kier alpha value is -5.70. The Morgan fingerprint density at radius 1 is 0.786 bits per heavy atom. The number of benzene rings is 1. The number of carboxylic acid groups (broad SMARTS) is 1. The van der Waals surface area contributed by atoms with Gasteiger partial charge in [-0.05, 0) is 30.2 Å². The van der Waals surface area contributed by atoms with Crippen molar-refractivity contribution in [1.82, 2.24) is 31.9 Å². The van der Waals surface area contributed by atoms with Crippen molar-refractivity contribution in [2.45, 2.75) is 109 Å². The number of nitro benzene ring substituents is 1. The van der Waals surface area contributed by atoms with Gasteiger partial charge >= 0.3 is 5.97 Å². The standard InChI is InChI=1S/C35H55N9O12/c1-6-7-8-23(30(37)49)40-32(51)24(13-18(2)3)39-27(46)16-38-35(54)29(19(4)5)43-33(52)25(14-20-9-11-21(12-10-20)44(55)56)41-34(53)26(17-45)42-31(50)22(36)15-28(47)48/h9-12,18-19,22-26,29,45H,6-8,13-17,36H2,1-5H3,(H2,37,49)(H,38,54)(H,39,46)(H,40,51)(H,41,53)(H,42,50)(H,43,52)(H,47,48)/t22-,23-,24-,25-,26-,29-/m0/s1. The van der Waals surface area contributed by atoms with Crippen molar-refractivity contribution in [1.29, 1.82) is 0 Å². The minimum atomic E-state index is -1.68. The molecule has 0 radical (unpaired) electrons. The van der Waals surface area contributed by atoms with Crippen LogP contribution in [0, 0.1) is 22.0 Å². The molecule has 21 nitrogen and oxygen atoms in total. The van der Waals surface area contributed by atoms with Crippen molar-refractivity contribution in [2.24, 2.45) is 23.3 Å². The van der Waals surface area contributed by atoms with E-state index in [-0.39, 0.29) is 24.4 Å². The summed E-state index contributed by atoms with van der Waals surface area (Å²) in [6.45, 7) is 7.13. The Morgan fingerprint density at radius 3 is 1.84 bits per heavy atom. The Morgan fingerprint density at radius 2 is 1.34 bits per heavy atom. The van der Waals surface area contributed by atoms with E-state index in [1.807, 2.05) is 20.8 Å². The second kappa shape index (κ2) is 23.9. The van der Waals surface area contributed by atoms with Crippen LogP contribution in [0.25, 0.3) is 0 Å². The summed E-state index contributed by atoms with van der Waals surface area (Å²) >= 11 is 0. The number of aliphatic hydroxyl groups excluding tert-OH is 1. The number of carboxylic acids is 1. The number of hydrogen-bond acceptors (Lipinski definition) is 12. The van der Waals surface area contributed by atoms with Crippen molar-refractivity contribution in [3.63, 3.8) is 0 Å². The number of nitrogens with zero attached hydrogens (tertiary/aromatic N) is 1. The lowest BCUT2D eigenvalue weighted by Crippen LogP contribution is -2.60. The van der Waals surface area contributed by atoms with Crippen LogP contribution in [0.15, 0.2) is 24.3 Å². The molecule has 56 heavy (non-hydrogen) atoms. The van der Waals surface area contributed by atoms with Gasteiger partial charge in [-0.2, -0.15) is 0 Å². The highest BCUT2D eigenvalue weighted by molar-refractivity contribution is 5.97. The molecule has 0 fully saturated rings. The molecule has 7 amide bonds. The van der Waals surface area contributed by atoms with Crippen LogP contribution < -0.4 is 43.4 Å². The van der Waals surface area contributed by atoms with Gasteiger partial charge in [-0.1, -0.05) is 59.6 Å². The van der Waals surface area contributed by atoms with Crippen molar-refractivity contribution in [2.75, 3.05) is 13.2 Å². The van der Waals surface area contributed by atoms with Crippen LogP contribution in [0.4, 0.5) is 5.69 Å². The van der Waals surface area contributed by atoms with E-state index in [9.17, 15) is 53.6 Å². The first kappa shape index (κ1) is 48.3. The lowest BCUT2D eigenvalue weighted by Gasteiger charge is -2.27. The lowest BCUT2D eigenvalue weighted by molar-refractivity contribution is -0.384. The molecule has 0 saturated carbocycles. The molecular formula is C35H55N9O12. The van der Waals surface area contributed by atoms with Gasteiger partial charge in [-0.15, -0.1) is 0 Å². The summed E-state index contributed by atoms with van der Waals surface area (Å²) in [5, 5.41) is 44.4. The fourth-order valence-corrected chi connectivity index (χ4v) is 5.21. The highest BCUT2D eigenvalue weighted by Gasteiger charge is 2.33. The lowest BCUT2D eigenvalue weighted by atomic mass is 10.0. The van der Waals surface area contributed by atoms with Crippen LogP contribution in [0.1, 0.15) is 72.3 Å². The number of hydrogen-bond donors (Lipinski definition) is 10. The largest absolute Gasteiger partial charge is 0.481 e. The first-order valence-corrected chi connectivity index (χ1v) is 18.1. The van der Waals surface area contributed by atoms with E-state index in [1.165, 1.54) is 24.3 Å². The molecule has 6 atom stereocenters. The SMILES string of the molecule is CCCC[C@H](NC(=O)[C@H](CC(C)C)NC(=O)CNC(=O)[C@@H](NC(=O)[C@H](Cc1ccc([N+](=O)[O-])cc1)NC(=O)[C@H](CO)NC(=O)[C@@H](N)CC(=O)O)C(C)C)C(N)=O. The molecule has 0 aliphatic carbocycles. The van der Waals surface area contributed by atoms with E-state index in [2.05, 4.69) is 31.9 Å². The molecule has 1 aromatic carbocycles. The van der Waals surface area contributed by atoms with Gasteiger partial charge in [0.05, 0.1) is 30.5 Å². The molecule has 0 saturated heterocycles. The average molecular weight is 794 g/mol. The number of nitrogens with two attached hydrogens (primary N) is 2. The summed E-state index contributed by atoms with van der Waals surface area (Å²) < 4.78 is 0. The van der Waals surface area contributed by atoms with Crippen molar-refractivity contribution in [3.8, 4) is 0 Å². The van der Waals surface area contributed by atoms with Crippen molar-refractivity contribution >= 4 is 53.0 Å². The number of aliphatic hydroxyl groups is 1. The fourth-order valence-electron chi connectivity index (χ4n) is 5.21. The Labute approximate surface area is 324 Å². The van der Waals surface area contributed by atoms with Crippen molar-refractivity contribution < 1.29 is 53.5 Å². The smallest absolute Gasteiger partial charge is 0.305 e. The second-order valence-electron chi connectivity index (χ2n) is 13.9. The number of carbonyl (C=O) groups is 8. The summed E-state index contributed by atoms with van der Waals surface area (Å²) in [5.41, 5.74) is 11.1. The number of nitro groups is 1. The summed E-state index contributed by atoms with van der Waals surface area (Å²) in [7, 11) is 0. The normalized spacial score (nSPS) is 14.2. The van der Waals surface area contributed by atoms with Crippen LogP contribution in [-0.4, -0.2) is 112 Å². The van der Waals surface area contributed by atoms with Gasteiger partial charge in [0.25, 0.3) is 5.69 Å². The van der Waals surface area contributed by atoms with Crippen LogP contribution in [0.5, 0.6) is 0 Å². The first-order chi connectivity index (χ1) is 26.2. The van der Waals surface area contributed by atoms with E-state index < -0.39 is 114 Å². The van der Waals surface area contributed by atoms with E-state index in [4.69, 9.17) is 16.6 Å². The van der Waals surface area contributed by atoms with Gasteiger partial charge in [-0.3, -0.25) is 48.5 Å². The molecule has 0 aliphatic rings. The van der Waals surface area contributed by atoms with Gasteiger partial charge in [0.1, 0.15) is 30.2 Å². The van der Waals surface area contributed by atoms with Crippen LogP contribution in [0.2, 0.25) is 0 Å². The Bertz CT molecular complexity index is 1550. The molecule has 1 rings (SSSR count). The van der Waals surface area contributed by atoms with Crippen LogP contribution >= 0.6 is 0 Å². The maximum Gasteiger partial charge on any atom is 0.305 e. The maximum absolute atomic E-state index is 13.7. The zero-order valence-electron chi connectivity index (χ0n) is 32.2. The number of primary amides is 1. The highest BCUT2D eigenvalue weighted by Crippen LogP contribution is 2.14. The van der Waals surface area contributed by atoms with Crippen molar-refractivity contribution in [3.05, 3.63) is 39.9 Å². The quantitative estimate of drug-likeness (QED) is 0.0373. The van der Waals surface area contributed by atoms with Gasteiger partial charge in [0.15, 0.2) is 0 Å². The summed E-state index contributed by atoms with van der Waals surface area (Å²) in [4.78, 5) is 112. The first-order valence-electron chi connectivity index (χ1n) is 18.1. The van der Waals surface area contributed by atoms with Gasteiger partial charge < -0.3 is 53.6 Å². The topological polar surface area (TPSA) is 344 Å². The molecular weight excluding hydrogens is 738 g/mol. The molecule has 0 heterocycles. The minimum Gasteiger partial charge on any atom is -0.481 e. The van der Waals surface area contributed by atoms with E-state index in [1.54, 1.807) is 13.8 Å². The second-order valence-corrected chi connectivity index (χ2v) is 13.9. The number of nitrogens with one attached hydrogen (secondary N) is 6. The molecule has 0 unspecified atom stereocenters. The zero-order valence-corrected chi connectivity index (χ0v) is 32.2. The maximum atomic E-state index is 13.7. The monoisotopic (exact) mass is 793 g/mol. The number of aliphatic carboxylic acids is 1. The van der Waals surface area contributed by atoms with Crippen LogP contribution in [0.3, 0.4) is 0 Å². The third-order valence-electron chi connectivity index (χ3n) is 8.30. The number of rotatable bonds is 25. The number of unbranched alkanes of at least 4 members (excludes halogenated alkanes) is 1. The third kappa shape index (κ3) is 17.2. The molecule has 312 valence electrons. The zero-order chi connectivity index (χ0) is 42.7. The molecule has 12 N–H and O–H groups in total. The summed E-state index contributed by atoms with van der Waals surface area (Å²) in [6.07, 6.45) is 0.845. The molecule has 21 heteroatoms. The Kier molecular flexibility index (Phi) is 20.7. The molecule has 0 spiro atoms. The van der Waals surface area contributed by atoms with Gasteiger partial charge in [0.2, 0.25) is 41.4 Å². The van der Waals surface area contributed by atoms with E-state index in [0.717, 1.165) is 6.42 Å². The molecule has 1 aromatic rings. The number of carbonyl (C=O) groups excluding carboxylic acids is 7. The van der Waals surface area contributed by atoms with Gasteiger partial charge in [0, 0.05) is 18.6 Å². The summed E-state index contributed by atoms with van der Waals surface area (Å²) in [5.74, 6) is -8.03. The third-order valence-corrected chi connectivity index (χ3v) is 8.30. The minimum absolute atomic E-state index is 0.0540. The fraction of sp³-hybridized carbons (Fsp3) is 0.600. The summed E-state index contributed by atoms with van der Waals surface area (Å²) in [6, 6.07) is -3.05.